The summed E-state index contributed by atoms with van der Waals surface area (Å²) < 4.78 is 14.2. The molecular formula is C17H16FNO3S. The number of thiophene rings is 1. The maximum Gasteiger partial charge on any atom is 0.311 e. The summed E-state index contributed by atoms with van der Waals surface area (Å²) in [5.41, 5.74) is -0.765. The Morgan fingerprint density at radius 2 is 2.17 bits per heavy atom. The molecule has 1 aromatic heterocycles. The van der Waals surface area contributed by atoms with Crippen LogP contribution in [-0.4, -0.2) is 35.0 Å². The van der Waals surface area contributed by atoms with Crippen molar-refractivity contribution in [1.29, 1.82) is 0 Å². The van der Waals surface area contributed by atoms with Crippen molar-refractivity contribution in [3.63, 3.8) is 0 Å². The van der Waals surface area contributed by atoms with E-state index in [-0.39, 0.29) is 24.2 Å². The highest BCUT2D eigenvalue weighted by molar-refractivity contribution is 7.20. The van der Waals surface area contributed by atoms with Crippen molar-refractivity contribution in [2.24, 2.45) is 11.3 Å². The Balaban J connectivity index is 1.63. The maximum atomic E-state index is 13.3. The van der Waals surface area contributed by atoms with Crippen molar-refractivity contribution < 1.29 is 19.1 Å². The van der Waals surface area contributed by atoms with Gasteiger partial charge in [-0.25, -0.2) is 4.39 Å². The Labute approximate surface area is 136 Å². The molecule has 2 fully saturated rings. The van der Waals surface area contributed by atoms with Crippen LogP contribution in [0.3, 0.4) is 0 Å². The van der Waals surface area contributed by atoms with Gasteiger partial charge in [0.1, 0.15) is 5.82 Å². The molecule has 0 radical (unpaired) electrons. The SMILES string of the molecule is O=C(c1cc2cc(F)ccc2s1)N1C[C@@H]2CCC[C@@]2(C(=O)O)C1. The summed E-state index contributed by atoms with van der Waals surface area (Å²) in [5.74, 6) is -1.19. The second-order valence-corrected chi connectivity index (χ2v) is 7.61. The number of amides is 1. The van der Waals surface area contributed by atoms with Gasteiger partial charge < -0.3 is 10.0 Å². The van der Waals surface area contributed by atoms with Gasteiger partial charge in [-0.15, -0.1) is 11.3 Å². The van der Waals surface area contributed by atoms with Crippen molar-refractivity contribution in [3.05, 3.63) is 35.0 Å². The zero-order chi connectivity index (χ0) is 16.2. The number of hydrogen-bond donors (Lipinski definition) is 1. The average molecular weight is 333 g/mol. The van der Waals surface area contributed by atoms with E-state index in [0.717, 1.165) is 17.5 Å². The minimum absolute atomic E-state index is 0.0516. The van der Waals surface area contributed by atoms with Gasteiger partial charge >= 0.3 is 5.97 Å². The normalized spacial score (nSPS) is 26.7. The lowest BCUT2D eigenvalue weighted by Crippen LogP contribution is -2.37. The van der Waals surface area contributed by atoms with Crippen molar-refractivity contribution in [3.8, 4) is 0 Å². The molecule has 1 aliphatic carbocycles. The first kappa shape index (κ1) is 14.6. The van der Waals surface area contributed by atoms with Gasteiger partial charge in [-0.3, -0.25) is 9.59 Å². The van der Waals surface area contributed by atoms with Gasteiger partial charge in [-0.05, 0) is 48.4 Å². The molecule has 6 heteroatoms. The van der Waals surface area contributed by atoms with Crippen LogP contribution in [-0.2, 0) is 4.79 Å². The number of carbonyl (C=O) groups is 2. The van der Waals surface area contributed by atoms with E-state index in [2.05, 4.69) is 0 Å². The lowest BCUT2D eigenvalue weighted by atomic mass is 9.81. The molecule has 1 aromatic carbocycles. The summed E-state index contributed by atoms with van der Waals surface area (Å²) in [7, 11) is 0. The number of fused-ring (bicyclic) bond motifs is 2. The smallest absolute Gasteiger partial charge is 0.311 e. The number of carboxylic acids is 1. The van der Waals surface area contributed by atoms with E-state index in [1.54, 1.807) is 17.0 Å². The molecule has 1 amide bonds. The van der Waals surface area contributed by atoms with Gasteiger partial charge in [0.25, 0.3) is 5.91 Å². The highest BCUT2D eigenvalue weighted by Crippen LogP contribution is 2.49. The van der Waals surface area contributed by atoms with Crippen LogP contribution in [0, 0.1) is 17.2 Å². The van der Waals surface area contributed by atoms with E-state index in [1.165, 1.54) is 23.5 Å². The molecule has 0 spiro atoms. The molecule has 0 unspecified atom stereocenters. The van der Waals surface area contributed by atoms with Crippen LogP contribution in [0.1, 0.15) is 28.9 Å². The Morgan fingerprint density at radius 3 is 2.91 bits per heavy atom. The fraction of sp³-hybridized carbons (Fsp3) is 0.412. The summed E-state index contributed by atoms with van der Waals surface area (Å²) in [6.45, 7) is 0.794. The number of nitrogens with zero attached hydrogens (tertiary/aromatic N) is 1. The minimum Gasteiger partial charge on any atom is -0.481 e. The molecule has 0 bridgehead atoms. The van der Waals surface area contributed by atoms with E-state index >= 15 is 0 Å². The Kier molecular flexibility index (Phi) is 3.20. The third-order valence-corrected chi connectivity index (χ3v) is 6.38. The molecule has 120 valence electrons. The van der Waals surface area contributed by atoms with Crippen LogP contribution in [0.2, 0.25) is 0 Å². The second-order valence-electron chi connectivity index (χ2n) is 6.53. The zero-order valence-electron chi connectivity index (χ0n) is 12.4. The number of aliphatic carboxylic acids is 1. The summed E-state index contributed by atoms with van der Waals surface area (Å²) in [6, 6.07) is 6.17. The molecule has 2 aliphatic rings. The average Bonchev–Trinajstić information content (AvgIpc) is 3.17. The Morgan fingerprint density at radius 1 is 1.35 bits per heavy atom. The molecule has 23 heavy (non-hydrogen) atoms. The fourth-order valence-corrected chi connectivity index (χ4v) is 5.08. The molecule has 2 aromatic rings. The molecule has 1 saturated heterocycles. The predicted octanol–water partition coefficient (Wildman–Crippen LogP) is 3.37. The van der Waals surface area contributed by atoms with Gasteiger partial charge in [0.15, 0.2) is 0 Å². The lowest BCUT2D eigenvalue weighted by molar-refractivity contribution is -0.149. The minimum atomic E-state index is -0.784. The van der Waals surface area contributed by atoms with Crippen molar-refractivity contribution in [1.82, 2.24) is 4.90 Å². The molecule has 2 heterocycles. The molecular weight excluding hydrogens is 317 g/mol. The van der Waals surface area contributed by atoms with E-state index in [1.807, 2.05) is 0 Å². The summed E-state index contributed by atoms with van der Waals surface area (Å²) >= 11 is 1.33. The second kappa shape index (κ2) is 5.03. The Hall–Kier alpha value is -1.95. The van der Waals surface area contributed by atoms with Crippen molar-refractivity contribution in [2.45, 2.75) is 19.3 Å². The third kappa shape index (κ3) is 2.16. The monoisotopic (exact) mass is 333 g/mol. The molecule has 4 rings (SSSR count). The zero-order valence-corrected chi connectivity index (χ0v) is 13.2. The van der Waals surface area contributed by atoms with Crippen LogP contribution >= 0.6 is 11.3 Å². The quantitative estimate of drug-likeness (QED) is 0.917. The van der Waals surface area contributed by atoms with Crippen LogP contribution in [0.4, 0.5) is 4.39 Å². The molecule has 1 N–H and O–H groups in total. The molecule has 1 aliphatic heterocycles. The number of hydrogen-bond acceptors (Lipinski definition) is 3. The predicted molar refractivity (Wildman–Crippen MR) is 85.1 cm³/mol. The Bertz CT molecular complexity index is 817. The first-order valence-corrected chi connectivity index (χ1v) is 8.53. The molecule has 1 saturated carbocycles. The van der Waals surface area contributed by atoms with Gasteiger partial charge in [0.2, 0.25) is 0 Å². The highest BCUT2D eigenvalue weighted by Gasteiger charge is 2.55. The van der Waals surface area contributed by atoms with Crippen molar-refractivity contribution >= 4 is 33.3 Å². The summed E-state index contributed by atoms with van der Waals surface area (Å²) in [6.07, 6.45) is 2.43. The van der Waals surface area contributed by atoms with E-state index in [9.17, 15) is 19.1 Å². The highest BCUT2D eigenvalue weighted by atomic mass is 32.1. The van der Waals surface area contributed by atoms with Crippen LogP contribution in [0.25, 0.3) is 10.1 Å². The molecule has 2 atom stereocenters. The van der Waals surface area contributed by atoms with Gasteiger partial charge in [-0.1, -0.05) is 6.42 Å². The first-order chi connectivity index (χ1) is 11.0. The lowest BCUT2D eigenvalue weighted by Gasteiger charge is -2.23. The van der Waals surface area contributed by atoms with Crippen LogP contribution < -0.4 is 0 Å². The van der Waals surface area contributed by atoms with Gasteiger partial charge in [0.05, 0.1) is 10.3 Å². The van der Waals surface area contributed by atoms with E-state index < -0.39 is 11.4 Å². The number of carbonyl (C=O) groups excluding carboxylic acids is 1. The number of rotatable bonds is 2. The van der Waals surface area contributed by atoms with Gasteiger partial charge in [0, 0.05) is 17.8 Å². The standard InChI is InChI=1S/C17H16FNO3S/c18-12-3-4-13-10(6-12)7-14(23-13)15(20)19-8-11-2-1-5-17(11,9-19)16(21)22/h3-4,6-7,11H,1-2,5,8-9H2,(H,21,22)/t11-,17+/m0/s1. The number of halogens is 1. The third-order valence-electron chi connectivity index (χ3n) is 5.27. The fourth-order valence-electron chi connectivity index (χ4n) is 4.07. The van der Waals surface area contributed by atoms with Crippen molar-refractivity contribution in [2.75, 3.05) is 13.1 Å². The number of carboxylic acid groups (broad SMARTS) is 1. The van der Waals surface area contributed by atoms with E-state index in [0.29, 0.717) is 23.2 Å². The maximum absolute atomic E-state index is 13.3. The number of likely N-dealkylation sites (tertiary alicyclic amines) is 1. The topological polar surface area (TPSA) is 57.6 Å². The largest absolute Gasteiger partial charge is 0.481 e. The summed E-state index contributed by atoms with van der Waals surface area (Å²) in [4.78, 5) is 26.7. The van der Waals surface area contributed by atoms with E-state index in [4.69, 9.17) is 0 Å². The number of benzene rings is 1. The van der Waals surface area contributed by atoms with Gasteiger partial charge in [-0.2, -0.15) is 0 Å². The molecule has 4 nitrogen and oxygen atoms in total. The summed E-state index contributed by atoms with van der Waals surface area (Å²) in [5, 5.41) is 10.3. The van der Waals surface area contributed by atoms with Crippen LogP contribution in [0.5, 0.6) is 0 Å². The van der Waals surface area contributed by atoms with Crippen LogP contribution in [0.15, 0.2) is 24.3 Å². The first-order valence-electron chi connectivity index (χ1n) is 7.71.